The molecule has 2 heterocycles. The van der Waals surface area contributed by atoms with Crippen LogP contribution in [0.3, 0.4) is 0 Å². The zero-order valence-corrected chi connectivity index (χ0v) is 12.7. The summed E-state index contributed by atoms with van der Waals surface area (Å²) in [6, 6.07) is 12.3. The number of rotatable bonds is 3. The molecule has 4 heteroatoms. The van der Waals surface area contributed by atoms with Gasteiger partial charge in [-0.2, -0.15) is 0 Å². The largest absolute Gasteiger partial charge is 0.315 e. The molecule has 98 valence electrons. The lowest BCUT2D eigenvalue weighted by atomic mass is 9.72. The molecule has 1 aromatic heterocycles. The third kappa shape index (κ3) is 2.69. The van der Waals surface area contributed by atoms with Crippen molar-refractivity contribution >= 4 is 27.5 Å². The van der Waals surface area contributed by atoms with Gasteiger partial charge < -0.3 is 5.32 Å². The van der Waals surface area contributed by atoms with E-state index < -0.39 is 0 Å². The minimum atomic E-state index is 0.158. The van der Waals surface area contributed by atoms with Gasteiger partial charge in [0.05, 0.1) is 0 Å². The molecular weight excluding hydrogens is 324 g/mol. The van der Waals surface area contributed by atoms with Gasteiger partial charge >= 0.3 is 0 Å². The molecule has 1 aliphatic heterocycles. The summed E-state index contributed by atoms with van der Waals surface area (Å²) in [6.07, 6.45) is 2.81. The van der Waals surface area contributed by atoms with Gasteiger partial charge in [-0.15, -0.1) is 0 Å². The van der Waals surface area contributed by atoms with Gasteiger partial charge in [-0.3, -0.25) is 4.98 Å². The molecule has 0 atom stereocenters. The monoisotopic (exact) mass is 336 g/mol. The number of benzene rings is 1. The minimum Gasteiger partial charge on any atom is -0.315 e. The molecule has 1 aliphatic rings. The van der Waals surface area contributed by atoms with Crippen LogP contribution in [0.1, 0.15) is 11.3 Å². The Labute approximate surface area is 126 Å². The molecule has 0 radical (unpaired) electrons. The zero-order chi connectivity index (χ0) is 13.3. The first-order valence-corrected chi connectivity index (χ1v) is 7.42. The molecule has 2 nitrogen and oxygen atoms in total. The molecule has 3 rings (SSSR count). The highest BCUT2D eigenvalue weighted by molar-refractivity contribution is 9.10. The van der Waals surface area contributed by atoms with E-state index >= 15 is 0 Å². The summed E-state index contributed by atoms with van der Waals surface area (Å²) in [5.74, 6) is 0. The van der Waals surface area contributed by atoms with Gasteiger partial charge in [-0.1, -0.05) is 23.7 Å². The van der Waals surface area contributed by atoms with Crippen LogP contribution < -0.4 is 5.32 Å². The standard InChI is InChI=1S/C15H14BrClN2/c16-12-3-6-14(19-8-12)7-15(9-18-10-15)11-1-4-13(17)5-2-11/h1-6,8,18H,7,9-10H2. The van der Waals surface area contributed by atoms with Crippen LogP contribution in [-0.4, -0.2) is 18.1 Å². The Balaban J connectivity index is 1.87. The molecule has 0 aliphatic carbocycles. The molecule has 0 unspecified atom stereocenters. The molecule has 1 fully saturated rings. The highest BCUT2D eigenvalue weighted by Crippen LogP contribution is 2.32. The van der Waals surface area contributed by atoms with Crippen molar-refractivity contribution in [3.63, 3.8) is 0 Å². The fraction of sp³-hybridized carbons (Fsp3) is 0.267. The molecular formula is C15H14BrClN2. The first kappa shape index (κ1) is 13.1. The maximum absolute atomic E-state index is 5.97. The Bertz CT molecular complexity index is 562. The van der Waals surface area contributed by atoms with Gasteiger partial charge in [0, 0.05) is 46.3 Å². The van der Waals surface area contributed by atoms with E-state index in [0.29, 0.717) is 0 Å². The molecule has 0 amide bonds. The van der Waals surface area contributed by atoms with Crippen LogP contribution in [0.5, 0.6) is 0 Å². The summed E-state index contributed by atoms with van der Waals surface area (Å²) in [7, 11) is 0. The van der Waals surface area contributed by atoms with Crippen LogP contribution in [0.25, 0.3) is 0 Å². The van der Waals surface area contributed by atoms with Crippen LogP contribution in [0.2, 0.25) is 5.02 Å². The Morgan fingerprint density at radius 2 is 1.89 bits per heavy atom. The van der Waals surface area contributed by atoms with Gasteiger partial charge in [-0.25, -0.2) is 0 Å². The fourth-order valence-corrected chi connectivity index (χ4v) is 2.88. The highest BCUT2D eigenvalue weighted by Gasteiger charge is 2.38. The van der Waals surface area contributed by atoms with E-state index in [2.05, 4.69) is 44.4 Å². The minimum absolute atomic E-state index is 0.158. The van der Waals surface area contributed by atoms with E-state index in [9.17, 15) is 0 Å². The Kier molecular flexibility index (Phi) is 3.61. The van der Waals surface area contributed by atoms with Gasteiger partial charge in [0.2, 0.25) is 0 Å². The summed E-state index contributed by atoms with van der Waals surface area (Å²) >= 11 is 9.39. The van der Waals surface area contributed by atoms with E-state index in [1.54, 1.807) is 0 Å². The maximum atomic E-state index is 5.97. The fourth-order valence-electron chi connectivity index (χ4n) is 2.52. The average Bonchev–Trinajstić information content (AvgIpc) is 2.37. The van der Waals surface area contributed by atoms with Crippen molar-refractivity contribution in [1.29, 1.82) is 0 Å². The van der Waals surface area contributed by atoms with Crippen molar-refractivity contribution in [3.8, 4) is 0 Å². The normalized spacial score (nSPS) is 16.9. The van der Waals surface area contributed by atoms with Crippen molar-refractivity contribution in [2.45, 2.75) is 11.8 Å². The number of pyridine rings is 1. The highest BCUT2D eigenvalue weighted by atomic mass is 79.9. The van der Waals surface area contributed by atoms with Crippen molar-refractivity contribution in [2.75, 3.05) is 13.1 Å². The zero-order valence-electron chi connectivity index (χ0n) is 10.4. The predicted octanol–water partition coefficient (Wildman–Crippen LogP) is 3.58. The maximum Gasteiger partial charge on any atom is 0.0414 e. The summed E-state index contributed by atoms with van der Waals surface area (Å²) in [5, 5.41) is 4.16. The third-order valence-corrected chi connectivity index (χ3v) is 4.41. The lowest BCUT2D eigenvalue weighted by molar-refractivity contribution is 0.272. The number of nitrogens with zero attached hydrogens (tertiary/aromatic N) is 1. The van der Waals surface area contributed by atoms with Gasteiger partial charge in [0.25, 0.3) is 0 Å². The smallest absolute Gasteiger partial charge is 0.0414 e. The van der Waals surface area contributed by atoms with Crippen LogP contribution in [0, 0.1) is 0 Å². The SMILES string of the molecule is Clc1ccc(C2(Cc3ccc(Br)cn3)CNC2)cc1. The van der Waals surface area contributed by atoms with Crippen molar-refractivity contribution in [1.82, 2.24) is 10.3 Å². The topological polar surface area (TPSA) is 24.9 Å². The Morgan fingerprint density at radius 1 is 1.16 bits per heavy atom. The first-order chi connectivity index (χ1) is 9.18. The lowest BCUT2D eigenvalue weighted by Gasteiger charge is -2.43. The van der Waals surface area contributed by atoms with Gasteiger partial charge in [-0.05, 0) is 45.8 Å². The van der Waals surface area contributed by atoms with Crippen molar-refractivity contribution in [3.05, 3.63) is 63.3 Å². The number of halogens is 2. The quantitative estimate of drug-likeness (QED) is 0.926. The molecule has 0 bridgehead atoms. The number of nitrogens with one attached hydrogen (secondary N) is 1. The second kappa shape index (κ2) is 5.23. The Morgan fingerprint density at radius 3 is 2.42 bits per heavy atom. The van der Waals surface area contributed by atoms with Crippen LogP contribution >= 0.6 is 27.5 Å². The second-order valence-corrected chi connectivity index (χ2v) is 6.39. The van der Waals surface area contributed by atoms with E-state index in [-0.39, 0.29) is 5.41 Å². The van der Waals surface area contributed by atoms with Crippen LogP contribution in [0.4, 0.5) is 0 Å². The number of hydrogen-bond donors (Lipinski definition) is 1. The van der Waals surface area contributed by atoms with Crippen molar-refractivity contribution in [2.24, 2.45) is 0 Å². The summed E-state index contributed by atoms with van der Waals surface area (Å²) in [6.45, 7) is 1.98. The van der Waals surface area contributed by atoms with Crippen LogP contribution in [0.15, 0.2) is 47.1 Å². The molecule has 1 N–H and O–H groups in total. The van der Waals surface area contributed by atoms with Gasteiger partial charge in [0.15, 0.2) is 0 Å². The molecule has 1 saturated heterocycles. The summed E-state index contributed by atoms with van der Waals surface area (Å²) in [4.78, 5) is 4.49. The molecule has 1 aromatic carbocycles. The molecule has 0 spiro atoms. The lowest BCUT2D eigenvalue weighted by Crippen LogP contribution is -2.58. The molecule has 0 saturated carbocycles. The van der Waals surface area contributed by atoms with E-state index in [1.807, 2.05) is 24.4 Å². The van der Waals surface area contributed by atoms with E-state index in [1.165, 1.54) is 5.56 Å². The molecule has 2 aromatic rings. The third-order valence-electron chi connectivity index (χ3n) is 3.69. The van der Waals surface area contributed by atoms with E-state index in [4.69, 9.17) is 11.6 Å². The molecule has 19 heavy (non-hydrogen) atoms. The second-order valence-electron chi connectivity index (χ2n) is 5.04. The van der Waals surface area contributed by atoms with Crippen LogP contribution in [-0.2, 0) is 11.8 Å². The summed E-state index contributed by atoms with van der Waals surface area (Å²) in [5.41, 5.74) is 2.62. The Hall–Kier alpha value is -0.900. The van der Waals surface area contributed by atoms with Gasteiger partial charge in [0.1, 0.15) is 0 Å². The number of hydrogen-bond acceptors (Lipinski definition) is 2. The van der Waals surface area contributed by atoms with E-state index in [0.717, 1.165) is 34.7 Å². The predicted molar refractivity (Wildman–Crippen MR) is 81.6 cm³/mol. The summed E-state index contributed by atoms with van der Waals surface area (Å²) < 4.78 is 1.02. The van der Waals surface area contributed by atoms with Crippen molar-refractivity contribution < 1.29 is 0 Å². The number of aromatic nitrogens is 1. The first-order valence-electron chi connectivity index (χ1n) is 6.25. The average molecular weight is 338 g/mol.